The SMILES string of the molecule is COc1ncccc1C(=O)N1CCN(Cc2ccc3c(c2)CCO3)CC1. The normalized spacial score (nSPS) is 16.9. The number of methoxy groups -OCH3 is 1. The lowest BCUT2D eigenvalue weighted by molar-refractivity contribution is 0.0624. The first kappa shape index (κ1) is 16.8. The van der Waals surface area contributed by atoms with E-state index in [4.69, 9.17) is 9.47 Å². The number of carbonyl (C=O) groups excluding carboxylic acids is 1. The van der Waals surface area contributed by atoms with Crippen LogP contribution in [0, 0.1) is 0 Å². The molecule has 26 heavy (non-hydrogen) atoms. The van der Waals surface area contributed by atoms with E-state index in [1.54, 1.807) is 25.4 Å². The van der Waals surface area contributed by atoms with Crippen molar-refractivity contribution in [2.45, 2.75) is 13.0 Å². The highest BCUT2D eigenvalue weighted by atomic mass is 16.5. The number of pyridine rings is 1. The van der Waals surface area contributed by atoms with Gasteiger partial charge in [-0.3, -0.25) is 9.69 Å². The monoisotopic (exact) mass is 353 g/mol. The molecule has 6 heteroatoms. The van der Waals surface area contributed by atoms with Crippen LogP contribution in [-0.4, -0.2) is 60.6 Å². The Morgan fingerprint density at radius 1 is 1.23 bits per heavy atom. The standard InChI is InChI=1S/C20H23N3O3/c1-25-19-17(3-2-7-21-19)20(24)23-10-8-22(9-11-23)14-15-4-5-18-16(13-15)6-12-26-18/h2-5,7,13H,6,8-12,14H2,1H3. The van der Waals surface area contributed by atoms with Crippen molar-refractivity contribution in [3.63, 3.8) is 0 Å². The molecule has 0 saturated carbocycles. The first-order valence-corrected chi connectivity index (χ1v) is 9.00. The highest BCUT2D eigenvalue weighted by Crippen LogP contribution is 2.26. The Kier molecular flexibility index (Phi) is 4.75. The number of carbonyl (C=O) groups is 1. The summed E-state index contributed by atoms with van der Waals surface area (Å²) in [5, 5.41) is 0. The van der Waals surface area contributed by atoms with Gasteiger partial charge < -0.3 is 14.4 Å². The molecule has 4 rings (SSSR count). The minimum absolute atomic E-state index is 0.00993. The Morgan fingerprint density at radius 3 is 2.88 bits per heavy atom. The first-order valence-electron chi connectivity index (χ1n) is 9.00. The average Bonchev–Trinajstić information content (AvgIpc) is 3.16. The minimum atomic E-state index is -0.00993. The number of hydrogen-bond acceptors (Lipinski definition) is 5. The second-order valence-corrected chi connectivity index (χ2v) is 6.67. The lowest BCUT2D eigenvalue weighted by atomic mass is 10.1. The number of ether oxygens (including phenoxy) is 2. The maximum atomic E-state index is 12.7. The van der Waals surface area contributed by atoms with Crippen molar-refractivity contribution in [3.05, 3.63) is 53.2 Å². The molecule has 0 radical (unpaired) electrons. The van der Waals surface area contributed by atoms with E-state index in [1.165, 1.54) is 11.1 Å². The molecule has 0 aliphatic carbocycles. The molecule has 0 N–H and O–H groups in total. The summed E-state index contributed by atoms with van der Waals surface area (Å²) in [5.41, 5.74) is 3.14. The number of benzene rings is 1. The fraction of sp³-hybridized carbons (Fsp3) is 0.400. The van der Waals surface area contributed by atoms with Gasteiger partial charge >= 0.3 is 0 Å². The predicted molar refractivity (Wildman–Crippen MR) is 97.6 cm³/mol. The van der Waals surface area contributed by atoms with E-state index >= 15 is 0 Å². The highest BCUT2D eigenvalue weighted by Gasteiger charge is 2.25. The number of fused-ring (bicyclic) bond motifs is 1. The Labute approximate surface area is 153 Å². The summed E-state index contributed by atoms with van der Waals surface area (Å²) in [5.74, 6) is 1.40. The molecule has 2 aliphatic rings. The Balaban J connectivity index is 1.36. The van der Waals surface area contributed by atoms with Gasteiger partial charge in [0, 0.05) is 45.3 Å². The van der Waals surface area contributed by atoms with Gasteiger partial charge in [-0.25, -0.2) is 4.98 Å². The molecule has 1 aromatic carbocycles. The average molecular weight is 353 g/mol. The lowest BCUT2D eigenvalue weighted by Crippen LogP contribution is -2.48. The number of hydrogen-bond donors (Lipinski definition) is 0. The van der Waals surface area contributed by atoms with Gasteiger partial charge in [0.15, 0.2) is 0 Å². The smallest absolute Gasteiger partial charge is 0.259 e. The number of amides is 1. The van der Waals surface area contributed by atoms with Gasteiger partial charge in [0.25, 0.3) is 5.91 Å². The fourth-order valence-electron chi connectivity index (χ4n) is 3.59. The van der Waals surface area contributed by atoms with Crippen molar-refractivity contribution >= 4 is 5.91 Å². The molecule has 1 amide bonds. The van der Waals surface area contributed by atoms with Crippen LogP contribution in [-0.2, 0) is 13.0 Å². The van der Waals surface area contributed by atoms with E-state index in [0.717, 1.165) is 38.4 Å². The van der Waals surface area contributed by atoms with E-state index < -0.39 is 0 Å². The molecule has 1 aromatic heterocycles. The summed E-state index contributed by atoms with van der Waals surface area (Å²) < 4.78 is 10.8. The maximum absolute atomic E-state index is 12.7. The van der Waals surface area contributed by atoms with Gasteiger partial charge in [0.1, 0.15) is 11.3 Å². The van der Waals surface area contributed by atoms with E-state index in [2.05, 4.69) is 28.1 Å². The van der Waals surface area contributed by atoms with Crippen molar-refractivity contribution in [2.24, 2.45) is 0 Å². The van der Waals surface area contributed by atoms with E-state index in [0.29, 0.717) is 24.5 Å². The maximum Gasteiger partial charge on any atom is 0.259 e. The molecule has 1 saturated heterocycles. The van der Waals surface area contributed by atoms with Crippen molar-refractivity contribution in [3.8, 4) is 11.6 Å². The summed E-state index contributed by atoms with van der Waals surface area (Å²) in [6.07, 6.45) is 2.63. The van der Waals surface area contributed by atoms with Gasteiger partial charge in [0.2, 0.25) is 5.88 Å². The zero-order valence-electron chi connectivity index (χ0n) is 15.0. The van der Waals surface area contributed by atoms with Crippen LogP contribution < -0.4 is 9.47 Å². The van der Waals surface area contributed by atoms with Crippen LogP contribution >= 0.6 is 0 Å². The third kappa shape index (κ3) is 3.37. The van der Waals surface area contributed by atoms with Crippen molar-refractivity contribution < 1.29 is 14.3 Å². The molecule has 1 fully saturated rings. The first-order chi connectivity index (χ1) is 12.7. The van der Waals surface area contributed by atoms with E-state index in [1.807, 2.05) is 4.90 Å². The van der Waals surface area contributed by atoms with Crippen LogP contribution in [0.5, 0.6) is 11.6 Å². The molecule has 0 atom stereocenters. The van der Waals surface area contributed by atoms with Gasteiger partial charge in [-0.1, -0.05) is 12.1 Å². The third-order valence-electron chi connectivity index (χ3n) is 5.01. The highest BCUT2D eigenvalue weighted by molar-refractivity contribution is 5.96. The molecular formula is C20H23N3O3. The summed E-state index contributed by atoms with van der Waals surface area (Å²) in [4.78, 5) is 21.1. The molecule has 2 aromatic rings. The predicted octanol–water partition coefficient (Wildman–Crippen LogP) is 1.98. The van der Waals surface area contributed by atoms with E-state index in [-0.39, 0.29) is 5.91 Å². The molecule has 0 bridgehead atoms. The summed E-state index contributed by atoms with van der Waals surface area (Å²) in [6, 6.07) is 10.0. The second-order valence-electron chi connectivity index (χ2n) is 6.67. The largest absolute Gasteiger partial charge is 0.493 e. The Bertz CT molecular complexity index is 801. The zero-order chi connectivity index (χ0) is 17.9. The van der Waals surface area contributed by atoms with Gasteiger partial charge in [-0.15, -0.1) is 0 Å². The summed E-state index contributed by atoms with van der Waals surface area (Å²) >= 11 is 0. The van der Waals surface area contributed by atoms with Crippen LogP contribution in [0.3, 0.4) is 0 Å². The number of rotatable bonds is 4. The number of piperazine rings is 1. The topological polar surface area (TPSA) is 54.9 Å². The van der Waals surface area contributed by atoms with E-state index in [9.17, 15) is 4.79 Å². The summed E-state index contributed by atoms with van der Waals surface area (Å²) in [6.45, 7) is 4.85. The molecule has 0 unspecified atom stereocenters. The molecule has 3 heterocycles. The van der Waals surface area contributed by atoms with Crippen LogP contribution in [0.25, 0.3) is 0 Å². The van der Waals surface area contributed by atoms with Crippen LogP contribution in [0.4, 0.5) is 0 Å². The number of aromatic nitrogens is 1. The zero-order valence-corrected chi connectivity index (χ0v) is 15.0. The van der Waals surface area contributed by atoms with Gasteiger partial charge in [-0.05, 0) is 29.3 Å². The van der Waals surface area contributed by atoms with Crippen LogP contribution in [0.2, 0.25) is 0 Å². The molecule has 0 spiro atoms. The molecular weight excluding hydrogens is 330 g/mol. The van der Waals surface area contributed by atoms with Crippen molar-refractivity contribution in [1.29, 1.82) is 0 Å². The second kappa shape index (κ2) is 7.33. The molecule has 2 aliphatic heterocycles. The minimum Gasteiger partial charge on any atom is -0.493 e. The van der Waals surface area contributed by atoms with Crippen molar-refractivity contribution in [1.82, 2.24) is 14.8 Å². The third-order valence-corrected chi connectivity index (χ3v) is 5.01. The number of nitrogens with zero attached hydrogens (tertiary/aromatic N) is 3. The van der Waals surface area contributed by atoms with Gasteiger partial charge in [0.05, 0.1) is 13.7 Å². The quantitative estimate of drug-likeness (QED) is 0.841. The lowest BCUT2D eigenvalue weighted by Gasteiger charge is -2.35. The molecule has 136 valence electrons. The van der Waals surface area contributed by atoms with Gasteiger partial charge in [-0.2, -0.15) is 0 Å². The fourth-order valence-corrected chi connectivity index (χ4v) is 3.59. The van der Waals surface area contributed by atoms with Crippen molar-refractivity contribution in [2.75, 3.05) is 39.9 Å². The molecule has 6 nitrogen and oxygen atoms in total. The van der Waals surface area contributed by atoms with Crippen LogP contribution in [0.1, 0.15) is 21.5 Å². The Hall–Kier alpha value is -2.60. The Morgan fingerprint density at radius 2 is 2.08 bits per heavy atom. The van der Waals surface area contributed by atoms with Crippen LogP contribution in [0.15, 0.2) is 36.5 Å². The summed E-state index contributed by atoms with van der Waals surface area (Å²) in [7, 11) is 1.54.